The summed E-state index contributed by atoms with van der Waals surface area (Å²) in [6.45, 7) is 0.189. The SMILES string of the molecule is O=c1/c(=C/c2cn[nH]c2-c2ccccc2)sc2nc(COc3ccc(Br)cc3)nn12. The third-order valence-corrected chi connectivity index (χ3v) is 5.91. The predicted octanol–water partition coefficient (Wildman–Crippen LogP) is 3.43. The Labute approximate surface area is 182 Å². The van der Waals surface area contributed by atoms with Crippen molar-refractivity contribution in [2.75, 3.05) is 0 Å². The summed E-state index contributed by atoms with van der Waals surface area (Å²) < 4.78 is 8.53. The molecule has 0 unspecified atom stereocenters. The lowest BCUT2D eigenvalue weighted by Crippen LogP contribution is -2.24. The van der Waals surface area contributed by atoms with Crippen LogP contribution >= 0.6 is 27.3 Å². The van der Waals surface area contributed by atoms with Crippen molar-refractivity contribution in [3.05, 3.63) is 91.5 Å². The van der Waals surface area contributed by atoms with Crippen LogP contribution in [0.4, 0.5) is 0 Å². The molecule has 0 saturated heterocycles. The van der Waals surface area contributed by atoms with Crippen molar-refractivity contribution < 1.29 is 4.74 Å². The first-order valence-electron chi connectivity index (χ1n) is 9.05. The van der Waals surface area contributed by atoms with Crippen molar-refractivity contribution in [3.63, 3.8) is 0 Å². The van der Waals surface area contributed by atoms with Gasteiger partial charge in [0.2, 0.25) is 4.96 Å². The number of thiazole rings is 1. The van der Waals surface area contributed by atoms with Crippen molar-refractivity contribution in [3.8, 4) is 17.0 Å². The summed E-state index contributed by atoms with van der Waals surface area (Å²) in [5.74, 6) is 1.17. The fourth-order valence-electron chi connectivity index (χ4n) is 3.00. The molecule has 0 bridgehead atoms. The number of benzene rings is 2. The Morgan fingerprint density at radius 3 is 2.70 bits per heavy atom. The third-order valence-electron chi connectivity index (χ3n) is 4.43. The molecule has 0 amide bonds. The summed E-state index contributed by atoms with van der Waals surface area (Å²) in [5, 5.41) is 11.4. The number of aromatic amines is 1. The molecule has 5 aromatic rings. The monoisotopic (exact) mass is 479 g/mol. The molecule has 0 aliphatic rings. The van der Waals surface area contributed by atoms with Crippen LogP contribution in [0.5, 0.6) is 5.75 Å². The second-order valence-corrected chi connectivity index (χ2v) is 8.37. The van der Waals surface area contributed by atoms with Crippen molar-refractivity contribution in [2.24, 2.45) is 0 Å². The molecule has 3 heterocycles. The van der Waals surface area contributed by atoms with E-state index in [0.29, 0.717) is 21.1 Å². The lowest BCUT2D eigenvalue weighted by atomic mass is 10.1. The summed E-state index contributed by atoms with van der Waals surface area (Å²) in [5.41, 5.74) is 2.48. The molecule has 0 spiro atoms. The highest BCUT2D eigenvalue weighted by Crippen LogP contribution is 2.21. The normalized spacial score (nSPS) is 12.0. The van der Waals surface area contributed by atoms with Crippen LogP contribution in [0.25, 0.3) is 22.3 Å². The lowest BCUT2D eigenvalue weighted by molar-refractivity contribution is 0.296. The van der Waals surface area contributed by atoms with Crippen LogP contribution in [0.3, 0.4) is 0 Å². The van der Waals surface area contributed by atoms with Crippen molar-refractivity contribution in [2.45, 2.75) is 6.61 Å². The summed E-state index contributed by atoms with van der Waals surface area (Å²) in [6.07, 6.45) is 3.52. The Morgan fingerprint density at radius 2 is 1.93 bits per heavy atom. The molecule has 2 aromatic carbocycles. The van der Waals surface area contributed by atoms with Gasteiger partial charge in [0, 0.05) is 15.6 Å². The van der Waals surface area contributed by atoms with E-state index in [1.807, 2.05) is 60.7 Å². The van der Waals surface area contributed by atoms with E-state index < -0.39 is 0 Å². The molecule has 0 saturated carbocycles. The average Bonchev–Trinajstić information content (AvgIpc) is 3.46. The van der Waals surface area contributed by atoms with Gasteiger partial charge < -0.3 is 4.74 Å². The molecular formula is C21H14BrN5O2S. The average molecular weight is 480 g/mol. The molecule has 0 aliphatic carbocycles. The number of aromatic nitrogens is 5. The van der Waals surface area contributed by atoms with Gasteiger partial charge in [-0.1, -0.05) is 57.6 Å². The minimum Gasteiger partial charge on any atom is -0.486 e. The zero-order valence-electron chi connectivity index (χ0n) is 15.4. The highest BCUT2D eigenvalue weighted by Gasteiger charge is 2.12. The number of nitrogens with one attached hydrogen (secondary N) is 1. The third kappa shape index (κ3) is 3.64. The topological polar surface area (TPSA) is 85.2 Å². The van der Waals surface area contributed by atoms with E-state index in [4.69, 9.17) is 4.74 Å². The maximum absolute atomic E-state index is 12.8. The van der Waals surface area contributed by atoms with Gasteiger partial charge in [0.25, 0.3) is 5.56 Å². The molecule has 1 N–H and O–H groups in total. The molecule has 7 nitrogen and oxygen atoms in total. The van der Waals surface area contributed by atoms with Gasteiger partial charge in [0.05, 0.1) is 16.4 Å². The van der Waals surface area contributed by atoms with Crippen LogP contribution in [-0.4, -0.2) is 24.8 Å². The maximum atomic E-state index is 12.8. The first kappa shape index (κ1) is 18.7. The number of halogens is 1. The van der Waals surface area contributed by atoms with Crippen LogP contribution in [0.15, 0.2) is 70.1 Å². The number of hydrogen-bond acceptors (Lipinski definition) is 6. The maximum Gasteiger partial charge on any atom is 0.291 e. The zero-order valence-corrected chi connectivity index (χ0v) is 17.9. The highest BCUT2D eigenvalue weighted by atomic mass is 79.9. The fraction of sp³-hybridized carbons (Fsp3) is 0.0476. The molecule has 0 radical (unpaired) electrons. The number of nitrogens with zero attached hydrogens (tertiary/aromatic N) is 4. The summed E-state index contributed by atoms with van der Waals surface area (Å²) in [6, 6.07) is 17.3. The number of H-pyrrole nitrogens is 1. The van der Waals surface area contributed by atoms with Crippen molar-refractivity contribution in [1.29, 1.82) is 0 Å². The molecule has 5 rings (SSSR count). The molecule has 9 heteroatoms. The quantitative estimate of drug-likeness (QED) is 0.417. The van der Waals surface area contributed by atoms with E-state index in [2.05, 4.69) is 36.2 Å². The largest absolute Gasteiger partial charge is 0.486 e. The minimum atomic E-state index is -0.211. The van der Waals surface area contributed by atoms with Crippen LogP contribution in [0, 0.1) is 0 Å². The van der Waals surface area contributed by atoms with Gasteiger partial charge in [0.15, 0.2) is 5.82 Å². The molecule has 148 valence electrons. The number of fused-ring (bicyclic) bond motifs is 1. The van der Waals surface area contributed by atoms with E-state index in [0.717, 1.165) is 21.3 Å². The van der Waals surface area contributed by atoms with Crippen LogP contribution in [-0.2, 0) is 6.61 Å². The van der Waals surface area contributed by atoms with Gasteiger partial charge in [-0.05, 0) is 30.3 Å². The summed E-state index contributed by atoms with van der Waals surface area (Å²) in [7, 11) is 0. The van der Waals surface area contributed by atoms with Crippen LogP contribution in [0.1, 0.15) is 11.4 Å². The van der Waals surface area contributed by atoms with Gasteiger partial charge in [0.1, 0.15) is 12.4 Å². The fourth-order valence-corrected chi connectivity index (χ4v) is 4.18. The van der Waals surface area contributed by atoms with Gasteiger partial charge >= 0.3 is 0 Å². The number of rotatable bonds is 5. The van der Waals surface area contributed by atoms with E-state index in [1.165, 1.54) is 15.9 Å². The Bertz CT molecular complexity index is 1420. The van der Waals surface area contributed by atoms with Crippen LogP contribution < -0.4 is 14.8 Å². The second kappa shape index (κ2) is 7.85. The first-order valence-corrected chi connectivity index (χ1v) is 10.7. The highest BCUT2D eigenvalue weighted by molar-refractivity contribution is 9.10. The Kier molecular flexibility index (Phi) is 4.89. The molecular weight excluding hydrogens is 466 g/mol. The number of ether oxygens (including phenoxy) is 1. The number of hydrogen-bond donors (Lipinski definition) is 1. The molecule has 0 aliphatic heterocycles. The summed E-state index contributed by atoms with van der Waals surface area (Å²) >= 11 is 4.68. The zero-order chi connectivity index (χ0) is 20.5. The van der Waals surface area contributed by atoms with Gasteiger partial charge in [-0.2, -0.15) is 14.6 Å². The smallest absolute Gasteiger partial charge is 0.291 e. The lowest BCUT2D eigenvalue weighted by Gasteiger charge is -2.02. The van der Waals surface area contributed by atoms with Gasteiger partial charge in [-0.15, -0.1) is 5.10 Å². The predicted molar refractivity (Wildman–Crippen MR) is 118 cm³/mol. The molecule has 0 fully saturated rings. The van der Waals surface area contributed by atoms with Gasteiger partial charge in [-0.25, -0.2) is 0 Å². The van der Waals surface area contributed by atoms with E-state index in [1.54, 1.807) is 6.20 Å². The van der Waals surface area contributed by atoms with Crippen LogP contribution in [0.2, 0.25) is 0 Å². The Balaban J connectivity index is 1.43. The Morgan fingerprint density at radius 1 is 1.13 bits per heavy atom. The molecule has 30 heavy (non-hydrogen) atoms. The van der Waals surface area contributed by atoms with Crippen molar-refractivity contribution >= 4 is 38.3 Å². The first-order chi connectivity index (χ1) is 14.7. The standard InChI is InChI=1S/C21H14BrN5O2S/c22-15-6-8-16(9-7-15)29-12-18-24-21-27(26-18)20(28)17(30-21)10-14-11-23-25-19(14)13-4-2-1-3-5-13/h1-11H,12H2,(H,23,25)/b17-10-. The Hall–Kier alpha value is -3.30. The summed E-state index contributed by atoms with van der Waals surface area (Å²) in [4.78, 5) is 17.8. The van der Waals surface area contributed by atoms with E-state index >= 15 is 0 Å². The van der Waals surface area contributed by atoms with E-state index in [9.17, 15) is 4.79 Å². The molecule has 0 atom stereocenters. The van der Waals surface area contributed by atoms with Crippen molar-refractivity contribution in [1.82, 2.24) is 24.8 Å². The minimum absolute atomic E-state index is 0.189. The van der Waals surface area contributed by atoms with Gasteiger partial charge in [-0.3, -0.25) is 9.89 Å². The van der Waals surface area contributed by atoms with E-state index in [-0.39, 0.29) is 12.2 Å². The second-order valence-electron chi connectivity index (χ2n) is 6.45. The molecule has 3 aromatic heterocycles.